The summed E-state index contributed by atoms with van der Waals surface area (Å²) in [5, 5.41) is 3.22. The maximum absolute atomic E-state index is 5.36. The highest BCUT2D eigenvalue weighted by Crippen LogP contribution is 2.12. The molecule has 82 valence electrons. The highest BCUT2D eigenvalue weighted by molar-refractivity contribution is 9.10. The van der Waals surface area contributed by atoms with Crippen LogP contribution < -0.4 is 5.32 Å². The third-order valence-electron chi connectivity index (χ3n) is 1.75. The van der Waals surface area contributed by atoms with Crippen molar-refractivity contribution in [2.45, 2.75) is 6.42 Å². The zero-order chi connectivity index (χ0) is 10.9. The quantitative estimate of drug-likeness (QED) is 0.611. The fourth-order valence-corrected chi connectivity index (χ4v) is 1.41. The number of hydrogen-bond acceptors (Lipinski definition) is 3. The van der Waals surface area contributed by atoms with Crippen LogP contribution in [0.3, 0.4) is 0 Å². The topological polar surface area (TPSA) is 34.1 Å². The van der Waals surface area contributed by atoms with Crippen molar-refractivity contribution in [2.75, 3.05) is 25.1 Å². The summed E-state index contributed by atoms with van der Waals surface area (Å²) >= 11 is 3.36. The summed E-state index contributed by atoms with van der Waals surface area (Å²) in [4.78, 5) is 4.05. The molecule has 0 aliphatic heterocycles. The molecule has 0 atom stereocenters. The highest BCUT2D eigenvalue weighted by Gasteiger charge is 1.93. The van der Waals surface area contributed by atoms with E-state index in [1.54, 1.807) is 12.4 Å². The molecule has 1 N–H and O–H groups in total. The Hall–Kier alpha value is -0.870. The number of nitrogens with one attached hydrogen (secondary N) is 1. The van der Waals surface area contributed by atoms with Crippen LogP contribution in [-0.4, -0.2) is 24.7 Å². The van der Waals surface area contributed by atoms with Crippen LogP contribution >= 0.6 is 15.9 Å². The van der Waals surface area contributed by atoms with Gasteiger partial charge in [0.25, 0.3) is 0 Å². The van der Waals surface area contributed by atoms with E-state index >= 15 is 0 Å². The number of hydrogen-bond donors (Lipinski definition) is 1. The highest BCUT2D eigenvalue weighted by atomic mass is 79.9. The number of aromatic nitrogens is 1. The fraction of sp³-hybridized carbons (Fsp3) is 0.364. The molecule has 1 aromatic rings. The summed E-state index contributed by atoms with van der Waals surface area (Å²) in [5.41, 5.74) is 0.997. The zero-order valence-electron chi connectivity index (χ0n) is 8.58. The standard InChI is InChI=1S/C11H15BrN2O/c1-2-3-5-15-6-4-14-11-7-10(12)8-13-9-11/h2,7-9,14H,1,3-6H2. The molecule has 3 nitrogen and oxygen atoms in total. The van der Waals surface area contributed by atoms with Gasteiger partial charge in [-0.15, -0.1) is 6.58 Å². The first kappa shape index (κ1) is 12.2. The summed E-state index contributed by atoms with van der Waals surface area (Å²) in [7, 11) is 0. The van der Waals surface area contributed by atoms with Gasteiger partial charge in [0.2, 0.25) is 0 Å². The summed E-state index contributed by atoms with van der Waals surface area (Å²) in [5.74, 6) is 0. The second-order valence-corrected chi connectivity index (χ2v) is 3.92. The fourth-order valence-electron chi connectivity index (χ4n) is 1.04. The molecule has 0 fully saturated rings. The maximum atomic E-state index is 5.36. The molecular formula is C11H15BrN2O. The van der Waals surface area contributed by atoms with E-state index < -0.39 is 0 Å². The number of halogens is 1. The minimum atomic E-state index is 0.695. The maximum Gasteiger partial charge on any atom is 0.0639 e. The number of pyridine rings is 1. The largest absolute Gasteiger partial charge is 0.381 e. The van der Waals surface area contributed by atoms with Gasteiger partial charge in [-0.25, -0.2) is 0 Å². The first-order valence-corrected chi connectivity index (χ1v) is 5.65. The molecule has 0 spiro atoms. The van der Waals surface area contributed by atoms with E-state index in [1.165, 1.54) is 0 Å². The molecule has 15 heavy (non-hydrogen) atoms. The van der Waals surface area contributed by atoms with Crippen LogP contribution in [0.5, 0.6) is 0 Å². The molecule has 0 saturated carbocycles. The van der Waals surface area contributed by atoms with Gasteiger partial charge in [-0.2, -0.15) is 0 Å². The van der Waals surface area contributed by atoms with Gasteiger partial charge in [-0.05, 0) is 28.4 Å². The van der Waals surface area contributed by atoms with Crippen molar-refractivity contribution >= 4 is 21.6 Å². The predicted octanol–water partition coefficient (Wildman–Crippen LogP) is 2.85. The van der Waals surface area contributed by atoms with E-state index in [9.17, 15) is 0 Å². The van der Waals surface area contributed by atoms with Crippen LogP contribution in [0, 0.1) is 0 Å². The molecule has 0 amide bonds. The van der Waals surface area contributed by atoms with Crippen LogP contribution in [0.2, 0.25) is 0 Å². The first-order chi connectivity index (χ1) is 7.33. The van der Waals surface area contributed by atoms with Gasteiger partial charge < -0.3 is 10.1 Å². The zero-order valence-corrected chi connectivity index (χ0v) is 10.2. The van der Waals surface area contributed by atoms with Gasteiger partial charge in [-0.1, -0.05) is 6.08 Å². The van der Waals surface area contributed by atoms with Gasteiger partial charge >= 0.3 is 0 Å². The SMILES string of the molecule is C=CCCOCCNc1cncc(Br)c1. The minimum Gasteiger partial charge on any atom is -0.381 e. The summed E-state index contributed by atoms with van der Waals surface area (Å²) in [6, 6.07) is 1.98. The monoisotopic (exact) mass is 270 g/mol. The molecule has 0 aliphatic carbocycles. The Kier molecular flexibility index (Phi) is 6.04. The Morgan fingerprint density at radius 1 is 1.47 bits per heavy atom. The molecular weight excluding hydrogens is 256 g/mol. The van der Waals surface area contributed by atoms with Crippen LogP contribution in [0.25, 0.3) is 0 Å². The molecule has 0 aromatic carbocycles. The lowest BCUT2D eigenvalue weighted by molar-refractivity contribution is 0.149. The van der Waals surface area contributed by atoms with Crippen LogP contribution in [0.15, 0.2) is 35.6 Å². The number of nitrogens with zero attached hydrogens (tertiary/aromatic N) is 1. The van der Waals surface area contributed by atoms with E-state index in [1.807, 2.05) is 12.1 Å². The molecule has 0 aliphatic rings. The van der Waals surface area contributed by atoms with Crippen LogP contribution in [0.1, 0.15) is 6.42 Å². The Morgan fingerprint density at radius 3 is 3.07 bits per heavy atom. The summed E-state index contributed by atoms with van der Waals surface area (Å²) in [6.07, 6.45) is 6.30. The average molecular weight is 271 g/mol. The number of rotatable bonds is 7. The Balaban J connectivity index is 2.12. The van der Waals surface area contributed by atoms with Crippen molar-refractivity contribution in [3.8, 4) is 0 Å². The molecule has 0 radical (unpaired) electrons. The molecule has 4 heteroatoms. The van der Waals surface area contributed by atoms with Crippen molar-refractivity contribution in [3.05, 3.63) is 35.6 Å². The van der Waals surface area contributed by atoms with Crippen molar-refractivity contribution in [3.63, 3.8) is 0 Å². The second-order valence-electron chi connectivity index (χ2n) is 3.01. The van der Waals surface area contributed by atoms with Crippen LogP contribution in [0.4, 0.5) is 5.69 Å². The third kappa shape index (κ3) is 5.54. The van der Waals surface area contributed by atoms with E-state index in [0.29, 0.717) is 6.61 Å². The van der Waals surface area contributed by atoms with Gasteiger partial charge in [-0.3, -0.25) is 4.98 Å². The lowest BCUT2D eigenvalue weighted by Gasteiger charge is -2.06. The van der Waals surface area contributed by atoms with E-state index in [-0.39, 0.29) is 0 Å². The van der Waals surface area contributed by atoms with E-state index in [2.05, 4.69) is 32.8 Å². The van der Waals surface area contributed by atoms with E-state index in [4.69, 9.17) is 4.74 Å². The van der Waals surface area contributed by atoms with E-state index in [0.717, 1.165) is 29.7 Å². The second kappa shape index (κ2) is 7.43. The molecule has 1 rings (SSSR count). The molecule has 0 saturated heterocycles. The molecule has 1 heterocycles. The third-order valence-corrected chi connectivity index (χ3v) is 2.18. The van der Waals surface area contributed by atoms with Gasteiger partial charge in [0.1, 0.15) is 0 Å². The lowest BCUT2D eigenvalue weighted by atomic mass is 10.4. The smallest absolute Gasteiger partial charge is 0.0639 e. The number of anilines is 1. The lowest BCUT2D eigenvalue weighted by Crippen LogP contribution is -2.09. The predicted molar refractivity (Wildman–Crippen MR) is 66.1 cm³/mol. The normalized spacial score (nSPS) is 9.93. The number of ether oxygens (including phenoxy) is 1. The van der Waals surface area contributed by atoms with Crippen molar-refractivity contribution < 1.29 is 4.74 Å². The summed E-state index contributed by atoms with van der Waals surface area (Å²) in [6.45, 7) is 5.85. The molecule has 0 bridgehead atoms. The Labute approximate surface area is 98.7 Å². The molecule has 1 aromatic heterocycles. The Morgan fingerprint density at radius 2 is 2.33 bits per heavy atom. The summed E-state index contributed by atoms with van der Waals surface area (Å²) < 4.78 is 6.33. The average Bonchev–Trinajstić information content (AvgIpc) is 2.23. The van der Waals surface area contributed by atoms with Crippen molar-refractivity contribution in [1.29, 1.82) is 0 Å². The van der Waals surface area contributed by atoms with Gasteiger partial charge in [0, 0.05) is 17.2 Å². The van der Waals surface area contributed by atoms with Crippen LogP contribution in [-0.2, 0) is 4.74 Å². The van der Waals surface area contributed by atoms with Crippen molar-refractivity contribution in [1.82, 2.24) is 4.98 Å². The molecule has 0 unspecified atom stereocenters. The Bertz CT molecular complexity index is 304. The van der Waals surface area contributed by atoms with Crippen molar-refractivity contribution in [2.24, 2.45) is 0 Å². The van der Waals surface area contributed by atoms with Gasteiger partial charge in [0.05, 0.1) is 25.1 Å². The first-order valence-electron chi connectivity index (χ1n) is 4.86. The minimum absolute atomic E-state index is 0.695. The van der Waals surface area contributed by atoms with Gasteiger partial charge in [0.15, 0.2) is 0 Å².